The van der Waals surface area contributed by atoms with Gasteiger partial charge in [0.15, 0.2) is 0 Å². The van der Waals surface area contributed by atoms with Crippen LogP contribution < -0.4 is 0 Å². The number of hydrogen-bond acceptors (Lipinski definition) is 4. The molecule has 0 atom stereocenters. The maximum absolute atomic E-state index is 11.1. The van der Waals surface area contributed by atoms with Gasteiger partial charge in [-0.25, -0.2) is 4.79 Å². The van der Waals surface area contributed by atoms with Crippen molar-refractivity contribution in [2.24, 2.45) is 10.8 Å². The molecule has 1 fully saturated rings. The van der Waals surface area contributed by atoms with Crippen molar-refractivity contribution in [1.29, 1.82) is 0 Å². The van der Waals surface area contributed by atoms with Crippen LogP contribution in [0.5, 0.6) is 0 Å². The molecule has 0 bridgehead atoms. The molecule has 0 amide bonds. The van der Waals surface area contributed by atoms with Crippen molar-refractivity contribution < 1.29 is 19.0 Å². The summed E-state index contributed by atoms with van der Waals surface area (Å²) < 4.78 is 15.2. The van der Waals surface area contributed by atoms with Gasteiger partial charge in [0.05, 0.1) is 13.2 Å². The van der Waals surface area contributed by atoms with E-state index in [9.17, 15) is 4.79 Å². The first-order valence-corrected chi connectivity index (χ1v) is 5.05. The first-order chi connectivity index (χ1) is 6.78. The molecule has 4 nitrogen and oxygen atoms in total. The van der Waals surface area contributed by atoms with Crippen molar-refractivity contribution in [3.05, 3.63) is 0 Å². The summed E-state index contributed by atoms with van der Waals surface area (Å²) in [6, 6.07) is 0. The second-order valence-corrected chi connectivity index (χ2v) is 5.21. The number of hydrogen-bond donors (Lipinski definition) is 0. The van der Waals surface area contributed by atoms with Gasteiger partial charge in [-0.3, -0.25) is 0 Å². The Morgan fingerprint density at radius 1 is 1.00 bits per heavy atom. The second kappa shape index (κ2) is 3.67. The molecule has 0 aromatic heterocycles. The number of rotatable bonds is 2. The molecule has 0 radical (unpaired) electrons. The third-order valence-electron chi connectivity index (χ3n) is 3.32. The summed E-state index contributed by atoms with van der Waals surface area (Å²) >= 11 is 0. The molecular formula is C11H20O4. The van der Waals surface area contributed by atoms with E-state index in [1.165, 1.54) is 7.11 Å². The van der Waals surface area contributed by atoms with Crippen LogP contribution in [0.25, 0.3) is 0 Å². The van der Waals surface area contributed by atoms with Crippen molar-refractivity contribution in [1.82, 2.24) is 0 Å². The number of ether oxygens (including phenoxy) is 3. The van der Waals surface area contributed by atoms with Crippen LogP contribution in [0.15, 0.2) is 0 Å². The third-order valence-corrected chi connectivity index (χ3v) is 3.32. The van der Waals surface area contributed by atoms with E-state index >= 15 is 0 Å². The minimum absolute atomic E-state index is 0.0830. The lowest BCUT2D eigenvalue weighted by molar-refractivity contribution is -0.260. The Morgan fingerprint density at radius 2 is 1.47 bits per heavy atom. The largest absolute Gasteiger partial charge is 0.508 e. The zero-order valence-electron chi connectivity index (χ0n) is 10.3. The van der Waals surface area contributed by atoms with Crippen molar-refractivity contribution >= 4 is 6.16 Å². The van der Waals surface area contributed by atoms with Crippen molar-refractivity contribution in [3.63, 3.8) is 0 Å². The molecule has 1 rings (SSSR count). The predicted molar refractivity (Wildman–Crippen MR) is 55.6 cm³/mol. The van der Waals surface area contributed by atoms with Gasteiger partial charge in [0, 0.05) is 17.9 Å². The summed E-state index contributed by atoms with van der Waals surface area (Å²) in [5, 5.41) is 0. The average molecular weight is 216 g/mol. The monoisotopic (exact) mass is 216 g/mol. The molecule has 0 saturated heterocycles. The van der Waals surface area contributed by atoms with Crippen LogP contribution in [0.1, 0.15) is 27.7 Å². The minimum Gasteiger partial charge on any atom is -0.438 e. The lowest BCUT2D eigenvalue weighted by Gasteiger charge is -2.61. The third kappa shape index (κ3) is 1.71. The average Bonchev–Trinajstić information content (AvgIpc) is 2.13. The summed E-state index contributed by atoms with van der Waals surface area (Å²) in [5.74, 6) is 0. The summed E-state index contributed by atoms with van der Waals surface area (Å²) in [6.07, 6.45) is -0.724. The highest BCUT2D eigenvalue weighted by Crippen LogP contribution is 2.56. The van der Waals surface area contributed by atoms with Gasteiger partial charge in [-0.05, 0) is 0 Å². The molecule has 4 heteroatoms. The minimum atomic E-state index is -0.629. The smallest absolute Gasteiger partial charge is 0.438 e. The van der Waals surface area contributed by atoms with Gasteiger partial charge in [-0.1, -0.05) is 27.7 Å². The molecule has 15 heavy (non-hydrogen) atoms. The van der Waals surface area contributed by atoms with Gasteiger partial charge < -0.3 is 14.2 Å². The van der Waals surface area contributed by atoms with E-state index in [0.29, 0.717) is 0 Å². The van der Waals surface area contributed by atoms with Crippen LogP contribution in [-0.4, -0.2) is 32.6 Å². The number of methoxy groups -OCH3 is 2. The van der Waals surface area contributed by atoms with E-state index in [0.717, 1.165) is 0 Å². The lowest BCUT2D eigenvalue weighted by Crippen LogP contribution is -2.69. The first kappa shape index (κ1) is 12.3. The fourth-order valence-corrected chi connectivity index (χ4v) is 3.15. The molecule has 1 aliphatic rings. The Kier molecular flexibility index (Phi) is 3.01. The molecule has 0 unspecified atom stereocenters. The Labute approximate surface area is 90.9 Å². The van der Waals surface area contributed by atoms with Crippen molar-refractivity contribution in [2.45, 2.75) is 39.9 Å². The summed E-state index contributed by atoms with van der Waals surface area (Å²) in [6.45, 7) is 8.11. The summed E-state index contributed by atoms with van der Waals surface area (Å²) in [4.78, 5) is 11.1. The molecule has 0 N–H and O–H groups in total. The predicted octanol–water partition coefficient (Wildman–Crippen LogP) is 2.22. The highest BCUT2D eigenvalue weighted by atomic mass is 16.7. The SMILES string of the molecule is COC(=O)OC1C(C)(C)C(OC)C1(C)C. The maximum Gasteiger partial charge on any atom is 0.508 e. The molecule has 0 spiro atoms. The maximum atomic E-state index is 11.1. The Bertz CT molecular complexity index is 241. The Morgan fingerprint density at radius 3 is 1.80 bits per heavy atom. The van der Waals surface area contributed by atoms with E-state index < -0.39 is 6.16 Å². The van der Waals surface area contributed by atoms with E-state index in [1.807, 2.05) is 27.7 Å². The van der Waals surface area contributed by atoms with Gasteiger partial charge >= 0.3 is 6.16 Å². The van der Waals surface area contributed by atoms with Crippen LogP contribution in [0.3, 0.4) is 0 Å². The van der Waals surface area contributed by atoms with Crippen molar-refractivity contribution in [3.8, 4) is 0 Å². The molecule has 1 aliphatic carbocycles. The number of carbonyl (C=O) groups excluding carboxylic acids is 1. The van der Waals surface area contributed by atoms with Gasteiger partial charge in [0.1, 0.15) is 6.10 Å². The van der Waals surface area contributed by atoms with E-state index in [-0.39, 0.29) is 23.0 Å². The quantitative estimate of drug-likeness (QED) is 0.664. The topological polar surface area (TPSA) is 44.8 Å². The fourth-order valence-electron chi connectivity index (χ4n) is 3.15. The molecule has 0 aliphatic heterocycles. The molecule has 88 valence electrons. The van der Waals surface area contributed by atoms with Crippen LogP contribution >= 0.6 is 0 Å². The Balaban J connectivity index is 2.77. The van der Waals surface area contributed by atoms with Crippen LogP contribution in [-0.2, 0) is 14.2 Å². The molecule has 0 aromatic carbocycles. The van der Waals surface area contributed by atoms with Crippen LogP contribution in [0, 0.1) is 10.8 Å². The Hall–Kier alpha value is -0.770. The zero-order valence-corrected chi connectivity index (χ0v) is 10.3. The van der Waals surface area contributed by atoms with E-state index in [4.69, 9.17) is 9.47 Å². The lowest BCUT2D eigenvalue weighted by atomic mass is 9.51. The van der Waals surface area contributed by atoms with Crippen LogP contribution in [0.2, 0.25) is 0 Å². The molecular weight excluding hydrogens is 196 g/mol. The highest BCUT2D eigenvalue weighted by Gasteiger charge is 2.64. The van der Waals surface area contributed by atoms with Gasteiger partial charge in [0.25, 0.3) is 0 Å². The standard InChI is InChI=1S/C11H20O4/c1-10(2)7(13-5)11(3,4)8(10)15-9(12)14-6/h7-8H,1-6H3. The zero-order chi connectivity index (χ0) is 11.9. The van der Waals surface area contributed by atoms with Crippen LogP contribution in [0.4, 0.5) is 4.79 Å². The van der Waals surface area contributed by atoms with Gasteiger partial charge in [-0.15, -0.1) is 0 Å². The summed E-state index contributed by atoms with van der Waals surface area (Å²) in [5.41, 5.74) is -0.348. The molecule has 0 heterocycles. The normalized spacial score (nSPS) is 31.6. The molecule has 0 aromatic rings. The van der Waals surface area contributed by atoms with Gasteiger partial charge in [0.2, 0.25) is 0 Å². The summed E-state index contributed by atoms with van der Waals surface area (Å²) in [7, 11) is 3.00. The van der Waals surface area contributed by atoms with E-state index in [2.05, 4.69) is 4.74 Å². The number of carbonyl (C=O) groups is 1. The van der Waals surface area contributed by atoms with Crippen molar-refractivity contribution in [2.75, 3.05) is 14.2 Å². The fraction of sp³-hybridized carbons (Fsp3) is 0.909. The highest BCUT2D eigenvalue weighted by molar-refractivity contribution is 5.60. The second-order valence-electron chi connectivity index (χ2n) is 5.21. The van der Waals surface area contributed by atoms with E-state index in [1.54, 1.807) is 7.11 Å². The molecule has 1 saturated carbocycles. The van der Waals surface area contributed by atoms with Gasteiger partial charge in [-0.2, -0.15) is 0 Å². The first-order valence-electron chi connectivity index (χ1n) is 5.05.